The van der Waals surface area contributed by atoms with Crippen LogP contribution in [0.5, 0.6) is 0 Å². The van der Waals surface area contributed by atoms with Gasteiger partial charge in [-0.3, -0.25) is 9.13 Å². The summed E-state index contributed by atoms with van der Waals surface area (Å²) in [7, 11) is 3.58. The maximum atomic E-state index is 11.8. The van der Waals surface area contributed by atoms with E-state index in [9.17, 15) is 9.90 Å². The van der Waals surface area contributed by atoms with Gasteiger partial charge in [-0.1, -0.05) is 13.0 Å². The molecule has 3 N–H and O–H groups in total. The highest BCUT2D eigenvalue weighted by Gasteiger charge is 2.10. The topological polar surface area (TPSA) is 63.8 Å². The molecule has 2 aromatic rings. The Labute approximate surface area is 112 Å². The maximum absolute atomic E-state index is 11.8. The van der Waals surface area contributed by atoms with Gasteiger partial charge in [0.15, 0.2) is 0 Å². The maximum Gasteiger partial charge on any atom is 0.328 e. The molecule has 0 aliphatic heterocycles. The predicted octanol–water partition coefficient (Wildman–Crippen LogP) is -0.289. The third kappa shape index (κ3) is 2.57. The number of aliphatic hydroxyl groups is 1. The molecule has 0 amide bonds. The van der Waals surface area contributed by atoms with Gasteiger partial charge in [0.05, 0.1) is 17.6 Å². The van der Waals surface area contributed by atoms with Crippen LogP contribution in [0.4, 0.5) is 0 Å². The molecule has 0 fully saturated rings. The van der Waals surface area contributed by atoms with Crippen LogP contribution < -0.4 is 11.0 Å². The van der Waals surface area contributed by atoms with E-state index in [2.05, 4.69) is 18.3 Å². The lowest BCUT2D eigenvalue weighted by Crippen LogP contribution is -2.89. The van der Waals surface area contributed by atoms with Gasteiger partial charge in [-0.2, -0.15) is 0 Å². The lowest BCUT2D eigenvalue weighted by molar-refractivity contribution is -0.706. The number of rotatable bonds is 5. The summed E-state index contributed by atoms with van der Waals surface area (Å²) < 4.78 is 3.33. The van der Waals surface area contributed by atoms with Crippen LogP contribution in [0.15, 0.2) is 23.0 Å². The first-order chi connectivity index (χ1) is 9.08. The quantitative estimate of drug-likeness (QED) is 0.779. The molecule has 0 saturated heterocycles. The Morgan fingerprint density at radius 3 is 2.58 bits per heavy atom. The SMILES string of the molecule is CC[C@@H](CO)[NH2+]Cc1ccc2c(c1)n(C)c(=O)n2C. The smallest absolute Gasteiger partial charge is 0.328 e. The van der Waals surface area contributed by atoms with Crippen LogP contribution in [-0.4, -0.2) is 26.9 Å². The molecule has 0 unspecified atom stereocenters. The second-order valence-corrected chi connectivity index (χ2v) is 5.01. The fraction of sp³-hybridized carbons (Fsp3) is 0.500. The summed E-state index contributed by atoms with van der Waals surface area (Å²) >= 11 is 0. The molecule has 1 atom stereocenters. The van der Waals surface area contributed by atoms with Crippen molar-refractivity contribution in [1.82, 2.24) is 9.13 Å². The number of nitrogens with two attached hydrogens (primary N) is 1. The van der Waals surface area contributed by atoms with Crippen molar-refractivity contribution >= 4 is 11.0 Å². The van der Waals surface area contributed by atoms with Crippen molar-refractivity contribution in [3.63, 3.8) is 0 Å². The fourth-order valence-corrected chi connectivity index (χ4v) is 2.35. The van der Waals surface area contributed by atoms with E-state index in [1.54, 1.807) is 23.2 Å². The van der Waals surface area contributed by atoms with Gasteiger partial charge in [-0.05, 0) is 18.6 Å². The van der Waals surface area contributed by atoms with E-state index in [0.717, 1.165) is 24.0 Å². The Morgan fingerprint density at radius 1 is 1.26 bits per heavy atom. The number of fused-ring (bicyclic) bond motifs is 1. The highest BCUT2D eigenvalue weighted by atomic mass is 16.3. The molecule has 0 radical (unpaired) electrons. The van der Waals surface area contributed by atoms with Crippen molar-refractivity contribution in [3.05, 3.63) is 34.2 Å². The lowest BCUT2D eigenvalue weighted by Gasteiger charge is -2.10. The average molecular weight is 264 g/mol. The minimum atomic E-state index is -0.00192. The van der Waals surface area contributed by atoms with Gasteiger partial charge < -0.3 is 10.4 Å². The van der Waals surface area contributed by atoms with Crippen LogP contribution in [0.3, 0.4) is 0 Å². The van der Waals surface area contributed by atoms with Crippen molar-refractivity contribution in [2.45, 2.75) is 25.9 Å². The highest BCUT2D eigenvalue weighted by Crippen LogP contribution is 2.13. The number of nitrogens with zero attached hydrogens (tertiary/aromatic N) is 2. The third-order valence-electron chi connectivity index (χ3n) is 3.78. The minimum absolute atomic E-state index is 0.00192. The van der Waals surface area contributed by atoms with Crippen LogP contribution in [0.25, 0.3) is 11.0 Å². The molecular weight excluding hydrogens is 242 g/mol. The fourth-order valence-electron chi connectivity index (χ4n) is 2.35. The number of quaternary nitrogens is 1. The molecular formula is C14H22N3O2+. The van der Waals surface area contributed by atoms with Crippen molar-refractivity contribution in [1.29, 1.82) is 0 Å². The first-order valence-corrected chi connectivity index (χ1v) is 6.67. The summed E-state index contributed by atoms with van der Waals surface area (Å²) in [6.45, 7) is 3.09. The summed E-state index contributed by atoms with van der Waals surface area (Å²) in [4.78, 5) is 11.8. The number of benzene rings is 1. The Morgan fingerprint density at radius 2 is 1.95 bits per heavy atom. The van der Waals surface area contributed by atoms with Gasteiger partial charge >= 0.3 is 5.69 Å². The zero-order valence-electron chi connectivity index (χ0n) is 11.8. The number of imidazole rings is 1. The largest absolute Gasteiger partial charge is 0.390 e. The van der Waals surface area contributed by atoms with Gasteiger partial charge in [0.2, 0.25) is 0 Å². The Kier molecular flexibility index (Phi) is 4.07. The van der Waals surface area contributed by atoms with E-state index in [1.807, 2.05) is 12.1 Å². The van der Waals surface area contributed by atoms with Crippen LogP contribution >= 0.6 is 0 Å². The van der Waals surface area contributed by atoms with Crippen molar-refractivity contribution in [3.8, 4) is 0 Å². The standard InChI is InChI=1S/C14H21N3O2/c1-4-11(9-18)15-8-10-5-6-12-13(7-10)17(3)14(19)16(12)2/h5-7,11,15,18H,4,8-9H2,1-3H3/p+1/t11-/m0/s1. The monoisotopic (exact) mass is 264 g/mol. The van der Waals surface area contributed by atoms with Crippen molar-refractivity contribution in [2.75, 3.05) is 6.61 Å². The first-order valence-electron chi connectivity index (χ1n) is 6.67. The minimum Gasteiger partial charge on any atom is -0.390 e. The van der Waals surface area contributed by atoms with Crippen LogP contribution in [0.1, 0.15) is 18.9 Å². The summed E-state index contributed by atoms with van der Waals surface area (Å²) in [6, 6.07) is 6.33. The molecule has 0 bridgehead atoms. The average Bonchev–Trinajstić information content (AvgIpc) is 2.65. The molecule has 1 heterocycles. The van der Waals surface area contributed by atoms with Gasteiger partial charge in [0.1, 0.15) is 12.6 Å². The van der Waals surface area contributed by atoms with Crippen molar-refractivity contribution < 1.29 is 10.4 Å². The third-order valence-corrected chi connectivity index (χ3v) is 3.78. The lowest BCUT2D eigenvalue weighted by atomic mass is 10.1. The summed E-state index contributed by atoms with van der Waals surface area (Å²) in [5.74, 6) is 0. The number of aryl methyl sites for hydroxylation is 2. The normalized spacial score (nSPS) is 13.1. The zero-order chi connectivity index (χ0) is 14.0. The summed E-state index contributed by atoms with van der Waals surface area (Å²) in [6.07, 6.45) is 0.947. The second kappa shape index (κ2) is 5.59. The second-order valence-electron chi connectivity index (χ2n) is 5.01. The van der Waals surface area contributed by atoms with Gasteiger partial charge in [0.25, 0.3) is 0 Å². The van der Waals surface area contributed by atoms with Gasteiger partial charge in [0, 0.05) is 19.7 Å². The van der Waals surface area contributed by atoms with E-state index < -0.39 is 0 Å². The highest BCUT2D eigenvalue weighted by molar-refractivity contribution is 5.76. The molecule has 0 aliphatic carbocycles. The van der Waals surface area contributed by atoms with Crippen molar-refractivity contribution in [2.24, 2.45) is 14.1 Å². The molecule has 0 spiro atoms. The molecule has 1 aromatic heterocycles. The molecule has 104 valence electrons. The van der Waals surface area contributed by atoms with E-state index in [-0.39, 0.29) is 18.3 Å². The summed E-state index contributed by atoms with van der Waals surface area (Å²) in [5, 5.41) is 11.3. The van der Waals surface area contributed by atoms with E-state index in [1.165, 1.54) is 5.56 Å². The predicted molar refractivity (Wildman–Crippen MR) is 75.0 cm³/mol. The number of aliphatic hydroxyl groups excluding tert-OH is 1. The summed E-state index contributed by atoms with van der Waals surface area (Å²) in [5.41, 5.74) is 3.07. The van der Waals surface area contributed by atoms with Crippen LogP contribution in [0.2, 0.25) is 0 Å². The van der Waals surface area contributed by atoms with Gasteiger partial charge in [-0.15, -0.1) is 0 Å². The van der Waals surface area contributed by atoms with E-state index in [0.29, 0.717) is 0 Å². The zero-order valence-corrected chi connectivity index (χ0v) is 11.8. The molecule has 0 aliphatic rings. The molecule has 0 saturated carbocycles. The molecule has 5 heteroatoms. The van der Waals surface area contributed by atoms with E-state index >= 15 is 0 Å². The molecule has 1 aromatic carbocycles. The molecule has 19 heavy (non-hydrogen) atoms. The Hall–Kier alpha value is -1.59. The molecule has 2 rings (SSSR count). The first kappa shape index (κ1) is 13.8. The van der Waals surface area contributed by atoms with Crippen LogP contribution in [0, 0.1) is 0 Å². The Bertz CT molecular complexity index is 623. The number of hydrogen-bond acceptors (Lipinski definition) is 2. The number of aromatic nitrogens is 2. The van der Waals surface area contributed by atoms with Gasteiger partial charge in [-0.25, -0.2) is 4.79 Å². The van der Waals surface area contributed by atoms with Crippen LogP contribution in [-0.2, 0) is 20.6 Å². The molecule has 5 nitrogen and oxygen atoms in total. The van der Waals surface area contributed by atoms with E-state index in [4.69, 9.17) is 0 Å². The Balaban J connectivity index is 2.27. The number of hydrogen-bond donors (Lipinski definition) is 2.